The van der Waals surface area contributed by atoms with Gasteiger partial charge in [-0.15, -0.1) is 0 Å². The van der Waals surface area contributed by atoms with Gasteiger partial charge >= 0.3 is 0 Å². The fraction of sp³-hybridized carbons (Fsp3) is 0.150. The van der Waals surface area contributed by atoms with E-state index in [9.17, 15) is 14.4 Å². The molecule has 3 rings (SSSR count). The molecule has 2 N–H and O–H groups in total. The van der Waals surface area contributed by atoms with E-state index in [-0.39, 0.29) is 17.7 Å². The fourth-order valence-electron chi connectivity index (χ4n) is 2.78. The second-order valence-electron chi connectivity index (χ2n) is 6.03. The van der Waals surface area contributed by atoms with Gasteiger partial charge in [0.15, 0.2) is 0 Å². The molecule has 2 aromatic rings. The van der Waals surface area contributed by atoms with Crippen molar-refractivity contribution < 1.29 is 14.4 Å². The van der Waals surface area contributed by atoms with Gasteiger partial charge in [0.1, 0.15) is 6.04 Å². The number of amides is 3. The highest BCUT2D eigenvalue weighted by Gasteiger charge is 2.30. The number of anilines is 2. The molecule has 1 unspecified atom stereocenters. The summed E-state index contributed by atoms with van der Waals surface area (Å²) < 4.78 is 0. The van der Waals surface area contributed by atoms with Crippen LogP contribution in [0.3, 0.4) is 0 Å². The Balaban J connectivity index is 1.85. The molecule has 6 nitrogen and oxygen atoms in total. The quantitative estimate of drug-likeness (QED) is 0.837. The average Bonchev–Trinajstić information content (AvgIpc) is 2.78. The van der Waals surface area contributed by atoms with Crippen molar-refractivity contribution in [2.75, 3.05) is 10.6 Å². The van der Waals surface area contributed by atoms with E-state index in [0.29, 0.717) is 17.8 Å². The minimum atomic E-state index is -0.602. The molecule has 0 aromatic heterocycles. The van der Waals surface area contributed by atoms with E-state index in [2.05, 4.69) is 17.2 Å². The van der Waals surface area contributed by atoms with Gasteiger partial charge in [-0.25, -0.2) is 0 Å². The third-order valence-electron chi connectivity index (χ3n) is 4.31. The van der Waals surface area contributed by atoms with Crippen molar-refractivity contribution >= 4 is 29.1 Å². The topological polar surface area (TPSA) is 78.5 Å². The van der Waals surface area contributed by atoms with E-state index >= 15 is 0 Å². The number of benzene rings is 2. The molecule has 0 aliphatic carbocycles. The maximum absolute atomic E-state index is 13.0. The summed E-state index contributed by atoms with van der Waals surface area (Å²) in [6.07, 6.45) is 1.17. The van der Waals surface area contributed by atoms with Gasteiger partial charge in [0.2, 0.25) is 11.8 Å². The van der Waals surface area contributed by atoms with Gasteiger partial charge in [0.25, 0.3) is 5.91 Å². The molecule has 6 heteroatoms. The first-order valence-corrected chi connectivity index (χ1v) is 8.23. The van der Waals surface area contributed by atoms with Crippen molar-refractivity contribution in [3.63, 3.8) is 0 Å². The molecular weight excluding hydrogens is 330 g/mol. The van der Waals surface area contributed by atoms with Crippen LogP contribution in [0.2, 0.25) is 0 Å². The van der Waals surface area contributed by atoms with Crippen LogP contribution in [0.1, 0.15) is 22.8 Å². The van der Waals surface area contributed by atoms with E-state index in [4.69, 9.17) is 0 Å². The molecule has 132 valence electrons. The molecule has 1 atom stereocenters. The summed E-state index contributed by atoms with van der Waals surface area (Å²) in [4.78, 5) is 38.2. The van der Waals surface area contributed by atoms with Crippen LogP contribution >= 0.6 is 0 Å². The van der Waals surface area contributed by atoms with Gasteiger partial charge in [0, 0.05) is 23.5 Å². The summed E-state index contributed by atoms with van der Waals surface area (Å²) in [6, 6.07) is 13.4. The smallest absolute Gasteiger partial charge is 0.254 e. The largest absolute Gasteiger partial charge is 0.324 e. The molecule has 0 saturated carbocycles. The molecule has 1 heterocycles. The second kappa shape index (κ2) is 7.23. The number of nitrogens with one attached hydrogen (secondary N) is 2. The predicted molar refractivity (Wildman–Crippen MR) is 99.7 cm³/mol. The van der Waals surface area contributed by atoms with Crippen LogP contribution in [-0.2, 0) is 16.1 Å². The van der Waals surface area contributed by atoms with Crippen molar-refractivity contribution in [3.05, 3.63) is 72.3 Å². The van der Waals surface area contributed by atoms with Crippen molar-refractivity contribution in [2.24, 2.45) is 0 Å². The highest BCUT2D eigenvalue weighted by molar-refractivity contribution is 6.03. The monoisotopic (exact) mass is 349 g/mol. The van der Waals surface area contributed by atoms with E-state index in [0.717, 1.165) is 11.3 Å². The average molecular weight is 349 g/mol. The lowest BCUT2D eigenvalue weighted by molar-refractivity contribution is -0.120. The van der Waals surface area contributed by atoms with Crippen molar-refractivity contribution in [3.8, 4) is 0 Å². The number of para-hydroxylation sites is 1. The molecule has 1 aliphatic heterocycles. The van der Waals surface area contributed by atoms with E-state index < -0.39 is 6.04 Å². The van der Waals surface area contributed by atoms with Crippen molar-refractivity contribution in [1.82, 2.24) is 4.90 Å². The van der Waals surface area contributed by atoms with Crippen LogP contribution in [-0.4, -0.2) is 28.7 Å². The van der Waals surface area contributed by atoms with Crippen LogP contribution in [0.25, 0.3) is 0 Å². The number of carbonyl (C=O) groups is 3. The molecule has 26 heavy (non-hydrogen) atoms. The van der Waals surface area contributed by atoms with Gasteiger partial charge in [0.05, 0.1) is 0 Å². The summed E-state index contributed by atoms with van der Waals surface area (Å²) in [5.74, 6) is -0.789. The summed E-state index contributed by atoms with van der Waals surface area (Å²) in [6.45, 7) is 5.44. The standard InChI is InChI=1S/C20H19N3O3/c1-3-18(24)21-16-10-8-14(9-11-16)20(26)23-12-15-6-4-5-7-17(15)22-19(25)13(23)2/h3-11,13H,1,12H2,2H3,(H,21,24)(H,22,25). The Morgan fingerprint density at radius 2 is 1.88 bits per heavy atom. The molecule has 2 aromatic carbocycles. The number of carbonyl (C=O) groups excluding carboxylic acids is 3. The predicted octanol–water partition coefficient (Wildman–Crippen LogP) is 2.79. The SMILES string of the molecule is C=CC(=O)Nc1ccc(C(=O)N2Cc3ccccc3NC(=O)C2C)cc1. The number of nitrogens with zero attached hydrogens (tertiary/aromatic N) is 1. The highest BCUT2D eigenvalue weighted by Crippen LogP contribution is 2.24. The van der Waals surface area contributed by atoms with E-state index in [1.54, 1.807) is 36.1 Å². The number of rotatable bonds is 3. The first-order valence-electron chi connectivity index (χ1n) is 8.23. The molecule has 0 bridgehead atoms. The van der Waals surface area contributed by atoms with Crippen LogP contribution in [0.5, 0.6) is 0 Å². The molecule has 0 radical (unpaired) electrons. The van der Waals surface area contributed by atoms with E-state index in [1.165, 1.54) is 6.08 Å². The van der Waals surface area contributed by atoms with Crippen LogP contribution in [0.15, 0.2) is 61.2 Å². The fourth-order valence-corrected chi connectivity index (χ4v) is 2.78. The maximum Gasteiger partial charge on any atom is 0.254 e. The molecule has 3 amide bonds. The molecule has 0 spiro atoms. The number of hydrogen-bond donors (Lipinski definition) is 2. The van der Waals surface area contributed by atoms with Crippen LogP contribution < -0.4 is 10.6 Å². The summed E-state index contributed by atoms with van der Waals surface area (Å²) >= 11 is 0. The normalized spacial score (nSPS) is 16.1. The first kappa shape index (κ1) is 17.4. The molecular formula is C20H19N3O3. The zero-order chi connectivity index (χ0) is 18.7. The lowest BCUT2D eigenvalue weighted by atomic mass is 10.1. The zero-order valence-corrected chi connectivity index (χ0v) is 14.4. The second-order valence-corrected chi connectivity index (χ2v) is 6.03. The Hall–Kier alpha value is -3.41. The highest BCUT2D eigenvalue weighted by atomic mass is 16.2. The molecule has 0 saturated heterocycles. The zero-order valence-electron chi connectivity index (χ0n) is 14.4. The Labute approximate surface area is 151 Å². The minimum Gasteiger partial charge on any atom is -0.324 e. The third kappa shape index (κ3) is 3.49. The Kier molecular flexibility index (Phi) is 4.84. The van der Waals surface area contributed by atoms with Gasteiger partial charge in [-0.2, -0.15) is 0 Å². The van der Waals surface area contributed by atoms with Gasteiger partial charge in [-0.3, -0.25) is 14.4 Å². The lowest BCUT2D eigenvalue weighted by Gasteiger charge is -2.26. The Morgan fingerprint density at radius 3 is 2.58 bits per heavy atom. The van der Waals surface area contributed by atoms with Gasteiger partial charge in [-0.05, 0) is 48.9 Å². The number of hydrogen-bond acceptors (Lipinski definition) is 3. The Morgan fingerprint density at radius 1 is 1.19 bits per heavy atom. The van der Waals surface area contributed by atoms with Gasteiger partial charge < -0.3 is 15.5 Å². The summed E-state index contributed by atoms with van der Waals surface area (Å²) in [5, 5.41) is 5.49. The lowest BCUT2D eigenvalue weighted by Crippen LogP contribution is -2.43. The first-order chi connectivity index (χ1) is 12.5. The minimum absolute atomic E-state index is 0.224. The number of fused-ring (bicyclic) bond motifs is 1. The summed E-state index contributed by atoms with van der Waals surface area (Å²) in [7, 11) is 0. The molecule has 0 fully saturated rings. The summed E-state index contributed by atoms with van der Waals surface area (Å²) in [5.41, 5.74) is 2.62. The third-order valence-corrected chi connectivity index (χ3v) is 4.31. The van der Waals surface area contributed by atoms with Crippen molar-refractivity contribution in [2.45, 2.75) is 19.5 Å². The molecule has 1 aliphatic rings. The van der Waals surface area contributed by atoms with Crippen LogP contribution in [0, 0.1) is 0 Å². The Bertz CT molecular complexity index is 874. The maximum atomic E-state index is 13.0. The van der Waals surface area contributed by atoms with E-state index in [1.807, 2.05) is 24.3 Å². The van der Waals surface area contributed by atoms with Crippen molar-refractivity contribution in [1.29, 1.82) is 0 Å². The van der Waals surface area contributed by atoms with Gasteiger partial charge in [-0.1, -0.05) is 24.8 Å². The van der Waals surface area contributed by atoms with Crippen LogP contribution in [0.4, 0.5) is 11.4 Å².